The molecule has 0 rings (SSSR count). The summed E-state index contributed by atoms with van der Waals surface area (Å²) in [7, 11) is -5.78. The van der Waals surface area contributed by atoms with Gasteiger partial charge in [-0.05, 0) is 0 Å². The van der Waals surface area contributed by atoms with Crippen molar-refractivity contribution < 1.29 is 17.9 Å². The zero-order chi connectivity index (χ0) is 8.08. The van der Waals surface area contributed by atoms with Crippen molar-refractivity contribution in [2.45, 2.75) is 19.6 Å². The lowest BCUT2D eigenvalue weighted by atomic mass is 11.8. The highest BCUT2D eigenvalue weighted by atomic mass is 31.2. The van der Waals surface area contributed by atoms with Crippen LogP contribution in [-0.4, -0.2) is 13.7 Å². The summed E-state index contributed by atoms with van der Waals surface area (Å²) in [6.45, 7) is 6.92. The Labute approximate surface area is 55.2 Å². The van der Waals surface area contributed by atoms with Gasteiger partial charge in [0, 0.05) is 8.80 Å². The van der Waals surface area contributed by atoms with Crippen molar-refractivity contribution in [3.05, 3.63) is 0 Å². The van der Waals surface area contributed by atoms with Crippen LogP contribution in [-0.2, 0) is 4.57 Å². The van der Waals surface area contributed by atoms with E-state index in [1.807, 2.05) is 0 Å². The van der Waals surface area contributed by atoms with Gasteiger partial charge in [-0.25, -0.2) is 4.57 Å². The quantitative estimate of drug-likeness (QED) is 0.453. The average Bonchev–Trinajstić information content (AvgIpc) is 1.19. The molecule has 0 radical (unpaired) electrons. The van der Waals surface area contributed by atoms with Gasteiger partial charge in [-0.15, -0.1) is 8.39 Å². The van der Waals surface area contributed by atoms with Crippen LogP contribution in [0.4, 0.5) is 8.39 Å². The minimum Gasteiger partial charge on any atom is -0.296 e. The van der Waals surface area contributed by atoms with E-state index in [2.05, 4.69) is 19.6 Å². The summed E-state index contributed by atoms with van der Waals surface area (Å²) in [5.74, 6) is 0. The van der Waals surface area contributed by atoms with Gasteiger partial charge in [0.05, 0.1) is 0 Å². The molecule has 0 bridgehead atoms. The molecule has 0 amide bonds. The van der Waals surface area contributed by atoms with Crippen LogP contribution in [0.5, 0.6) is 0 Å². The molecule has 0 aromatic heterocycles. The predicted octanol–water partition coefficient (Wildman–Crippen LogP) is 2.13. The van der Waals surface area contributed by atoms with Gasteiger partial charge in [-0.1, -0.05) is 19.6 Å². The number of hydrogen-bond acceptors (Lipinski definition) is 1. The minimum absolute atomic E-state index is 0.139. The van der Waals surface area contributed by atoms with E-state index >= 15 is 0 Å². The summed E-state index contributed by atoms with van der Waals surface area (Å²) in [4.78, 5) is 6.74. The van der Waals surface area contributed by atoms with Gasteiger partial charge >= 0.3 is 7.99 Å². The molecule has 9 heavy (non-hydrogen) atoms. The first kappa shape index (κ1) is 12.0. The van der Waals surface area contributed by atoms with E-state index in [0.29, 0.717) is 0 Å². The molecule has 0 unspecified atom stereocenters. The van der Waals surface area contributed by atoms with Crippen molar-refractivity contribution in [3.8, 4) is 0 Å². The second-order valence-electron chi connectivity index (χ2n) is 2.17. The van der Waals surface area contributed by atoms with E-state index in [4.69, 9.17) is 9.46 Å². The Balaban J connectivity index is 0. The second kappa shape index (κ2) is 5.08. The Bertz CT molecular complexity index is 91.0. The van der Waals surface area contributed by atoms with Gasteiger partial charge in [-0.3, -0.25) is 4.89 Å². The molecular formula is C3H11F2O2PSi. The fourth-order valence-electron chi connectivity index (χ4n) is 0. The molecule has 0 aliphatic rings. The van der Waals surface area contributed by atoms with E-state index < -0.39 is 7.99 Å². The highest BCUT2D eigenvalue weighted by molar-refractivity contribution is 7.46. The van der Waals surface area contributed by atoms with Gasteiger partial charge in [0.15, 0.2) is 0 Å². The lowest BCUT2D eigenvalue weighted by molar-refractivity contribution is 0.376. The maximum Gasteiger partial charge on any atom is 0.549 e. The molecule has 0 saturated heterocycles. The summed E-state index contributed by atoms with van der Waals surface area (Å²) >= 11 is 0. The number of hydrogen-bond donors (Lipinski definition) is 1. The largest absolute Gasteiger partial charge is 0.549 e. The molecule has 0 fully saturated rings. The Morgan fingerprint density at radius 1 is 1.33 bits per heavy atom. The van der Waals surface area contributed by atoms with Crippen LogP contribution in [0.15, 0.2) is 0 Å². The summed E-state index contributed by atoms with van der Waals surface area (Å²) < 4.78 is 28.7. The first-order valence-corrected chi connectivity index (χ1v) is 7.36. The van der Waals surface area contributed by atoms with Crippen molar-refractivity contribution in [3.63, 3.8) is 0 Å². The van der Waals surface area contributed by atoms with E-state index in [1.54, 1.807) is 0 Å². The van der Waals surface area contributed by atoms with Crippen molar-refractivity contribution in [2.24, 2.45) is 0 Å². The predicted molar refractivity (Wildman–Crippen MR) is 36.8 cm³/mol. The first-order valence-electron chi connectivity index (χ1n) is 2.45. The average molecular weight is 176 g/mol. The monoisotopic (exact) mass is 176 g/mol. The molecule has 0 saturated carbocycles. The van der Waals surface area contributed by atoms with Crippen LogP contribution in [0.3, 0.4) is 0 Å². The molecule has 0 aromatic rings. The van der Waals surface area contributed by atoms with E-state index in [-0.39, 0.29) is 8.80 Å². The number of halogens is 2. The van der Waals surface area contributed by atoms with Crippen molar-refractivity contribution in [1.82, 2.24) is 0 Å². The smallest absolute Gasteiger partial charge is 0.296 e. The van der Waals surface area contributed by atoms with Crippen molar-refractivity contribution >= 4 is 16.8 Å². The Kier molecular flexibility index (Phi) is 6.77. The molecule has 58 valence electrons. The standard InChI is InChI=1S/C3H10Si.F2HO2P/c1-4(2)3;1-5(2,3)4/h4H,1-3H3;(H,3,4). The molecule has 0 spiro atoms. The molecule has 0 aliphatic carbocycles. The summed E-state index contributed by atoms with van der Waals surface area (Å²) in [6.07, 6.45) is 0. The van der Waals surface area contributed by atoms with Crippen LogP contribution in [0.2, 0.25) is 19.6 Å². The van der Waals surface area contributed by atoms with Crippen LogP contribution in [0.25, 0.3) is 0 Å². The van der Waals surface area contributed by atoms with E-state index in [1.165, 1.54) is 0 Å². The third-order valence-electron chi connectivity index (χ3n) is 0. The van der Waals surface area contributed by atoms with Gasteiger partial charge < -0.3 is 0 Å². The molecular weight excluding hydrogens is 165 g/mol. The molecule has 1 N–H and O–H groups in total. The Morgan fingerprint density at radius 2 is 1.33 bits per heavy atom. The number of rotatable bonds is 0. The molecule has 6 heteroatoms. The van der Waals surface area contributed by atoms with Crippen molar-refractivity contribution in [1.29, 1.82) is 0 Å². The van der Waals surface area contributed by atoms with Gasteiger partial charge in [0.1, 0.15) is 0 Å². The summed E-state index contributed by atoms with van der Waals surface area (Å²) in [5.41, 5.74) is 0. The second-order valence-corrected chi connectivity index (χ2v) is 6.50. The Morgan fingerprint density at radius 3 is 1.33 bits per heavy atom. The SMILES string of the molecule is C[SiH](C)C.O=P(O)(F)F. The molecule has 0 atom stereocenters. The van der Waals surface area contributed by atoms with Gasteiger partial charge in [-0.2, -0.15) is 0 Å². The zero-order valence-corrected chi connectivity index (χ0v) is 7.69. The van der Waals surface area contributed by atoms with Crippen LogP contribution >= 0.6 is 7.99 Å². The molecule has 2 nitrogen and oxygen atoms in total. The zero-order valence-electron chi connectivity index (χ0n) is 5.64. The highest BCUT2D eigenvalue weighted by Crippen LogP contribution is 2.43. The minimum atomic E-state index is -5.64. The van der Waals surface area contributed by atoms with Crippen LogP contribution in [0, 0.1) is 0 Å². The van der Waals surface area contributed by atoms with E-state index in [0.717, 1.165) is 0 Å². The summed E-state index contributed by atoms with van der Waals surface area (Å²) in [6, 6.07) is 0. The van der Waals surface area contributed by atoms with Gasteiger partial charge in [0.25, 0.3) is 0 Å². The van der Waals surface area contributed by atoms with Gasteiger partial charge in [0.2, 0.25) is 0 Å². The van der Waals surface area contributed by atoms with Crippen LogP contribution in [0.1, 0.15) is 0 Å². The molecule has 0 heterocycles. The van der Waals surface area contributed by atoms with E-state index in [9.17, 15) is 8.39 Å². The lowest BCUT2D eigenvalue weighted by Crippen LogP contribution is -1.84. The Hall–Kier alpha value is 0.267. The lowest BCUT2D eigenvalue weighted by Gasteiger charge is -1.75. The topological polar surface area (TPSA) is 37.3 Å². The third kappa shape index (κ3) is 4560. The maximum absolute atomic E-state index is 10.1. The fourth-order valence-corrected chi connectivity index (χ4v) is 0. The fraction of sp³-hybridized carbons (Fsp3) is 1.00. The molecule has 0 aromatic carbocycles. The van der Waals surface area contributed by atoms with Crippen molar-refractivity contribution in [2.75, 3.05) is 0 Å². The normalized spacial score (nSPS) is 10.6. The third-order valence-corrected chi connectivity index (χ3v) is 0. The maximum atomic E-state index is 10.1. The highest BCUT2D eigenvalue weighted by Gasteiger charge is 2.09. The first-order chi connectivity index (χ1) is 3.73. The molecule has 0 aliphatic heterocycles. The van der Waals surface area contributed by atoms with Crippen LogP contribution < -0.4 is 0 Å². The summed E-state index contributed by atoms with van der Waals surface area (Å²) in [5, 5.41) is 0.